The zero-order valence-corrected chi connectivity index (χ0v) is 13.0. The van der Waals surface area contributed by atoms with Crippen molar-refractivity contribution in [2.45, 2.75) is 20.3 Å². The summed E-state index contributed by atoms with van der Waals surface area (Å²) in [5, 5.41) is 2.91. The van der Waals surface area contributed by atoms with E-state index < -0.39 is 0 Å². The number of carbonyl (C=O) groups excluding carboxylic acids is 2. The van der Waals surface area contributed by atoms with Gasteiger partial charge in [0.15, 0.2) is 0 Å². The fraction of sp³-hybridized carbons (Fsp3) is 0.462. The molecule has 110 valence electrons. The molecule has 0 aliphatic carbocycles. The standard InChI is InChI=1S/C13H17Cl2N3O2/c1-3-18(4-2)11(19)7-8-16-13(20)9-5-6-10(14)17-12(9)15/h5-6H,3-4,7-8H2,1-2H3,(H,16,20). The van der Waals surface area contributed by atoms with Crippen LogP contribution in [0.5, 0.6) is 0 Å². The van der Waals surface area contributed by atoms with Crippen LogP contribution >= 0.6 is 23.2 Å². The minimum atomic E-state index is -0.369. The molecule has 0 aromatic carbocycles. The first-order valence-electron chi connectivity index (χ1n) is 6.37. The van der Waals surface area contributed by atoms with Crippen molar-refractivity contribution in [2.75, 3.05) is 19.6 Å². The Bertz CT molecular complexity index is 491. The fourth-order valence-corrected chi connectivity index (χ4v) is 2.12. The summed E-state index contributed by atoms with van der Waals surface area (Å²) in [4.78, 5) is 29.1. The van der Waals surface area contributed by atoms with Gasteiger partial charge >= 0.3 is 0 Å². The number of halogens is 2. The van der Waals surface area contributed by atoms with E-state index >= 15 is 0 Å². The molecule has 0 atom stereocenters. The second-order valence-corrected chi connectivity index (χ2v) is 4.79. The van der Waals surface area contributed by atoms with E-state index in [0.29, 0.717) is 13.1 Å². The number of amides is 2. The maximum absolute atomic E-state index is 11.9. The number of carbonyl (C=O) groups is 2. The molecule has 1 aromatic heterocycles. The Morgan fingerprint density at radius 1 is 1.25 bits per heavy atom. The summed E-state index contributed by atoms with van der Waals surface area (Å²) in [6, 6.07) is 2.99. The van der Waals surface area contributed by atoms with E-state index in [1.165, 1.54) is 12.1 Å². The van der Waals surface area contributed by atoms with Crippen molar-refractivity contribution in [2.24, 2.45) is 0 Å². The van der Waals surface area contributed by atoms with E-state index in [-0.39, 0.29) is 40.6 Å². The van der Waals surface area contributed by atoms with Crippen LogP contribution in [0.4, 0.5) is 0 Å². The number of rotatable bonds is 6. The Balaban J connectivity index is 2.50. The smallest absolute Gasteiger partial charge is 0.254 e. The Hall–Kier alpha value is -1.33. The highest BCUT2D eigenvalue weighted by Gasteiger charge is 2.13. The van der Waals surface area contributed by atoms with Gasteiger partial charge in [0.2, 0.25) is 5.91 Å². The molecule has 0 aliphatic rings. The molecular weight excluding hydrogens is 301 g/mol. The normalized spacial score (nSPS) is 10.2. The number of hydrogen-bond acceptors (Lipinski definition) is 3. The molecule has 1 rings (SSSR count). The van der Waals surface area contributed by atoms with Crippen LogP contribution in [0.3, 0.4) is 0 Å². The number of nitrogens with zero attached hydrogens (tertiary/aromatic N) is 2. The Labute approximate surface area is 128 Å². The second kappa shape index (κ2) is 8.07. The lowest BCUT2D eigenvalue weighted by Gasteiger charge is -2.18. The Morgan fingerprint density at radius 2 is 1.90 bits per heavy atom. The minimum absolute atomic E-state index is 0.00984. The van der Waals surface area contributed by atoms with Crippen LogP contribution in [-0.4, -0.2) is 41.3 Å². The van der Waals surface area contributed by atoms with Gasteiger partial charge in [0.05, 0.1) is 5.56 Å². The Morgan fingerprint density at radius 3 is 2.45 bits per heavy atom. The molecule has 0 unspecified atom stereocenters. The van der Waals surface area contributed by atoms with Gasteiger partial charge < -0.3 is 10.2 Å². The molecule has 1 heterocycles. The van der Waals surface area contributed by atoms with Crippen LogP contribution in [0.1, 0.15) is 30.6 Å². The largest absolute Gasteiger partial charge is 0.351 e. The van der Waals surface area contributed by atoms with Crippen molar-refractivity contribution in [3.8, 4) is 0 Å². The topological polar surface area (TPSA) is 62.3 Å². The first-order chi connectivity index (χ1) is 9.49. The molecule has 20 heavy (non-hydrogen) atoms. The third-order valence-electron chi connectivity index (χ3n) is 2.80. The van der Waals surface area contributed by atoms with E-state index in [4.69, 9.17) is 23.2 Å². The number of hydrogen-bond donors (Lipinski definition) is 1. The molecule has 1 aromatic rings. The van der Waals surface area contributed by atoms with Crippen LogP contribution in [0.2, 0.25) is 10.3 Å². The van der Waals surface area contributed by atoms with Crippen molar-refractivity contribution >= 4 is 35.0 Å². The number of nitrogens with one attached hydrogen (secondary N) is 1. The summed E-state index contributed by atoms with van der Waals surface area (Å²) in [5.41, 5.74) is 0.242. The monoisotopic (exact) mass is 317 g/mol. The van der Waals surface area contributed by atoms with Crippen LogP contribution in [0, 0.1) is 0 Å². The molecular formula is C13H17Cl2N3O2. The van der Waals surface area contributed by atoms with Gasteiger partial charge in [-0.05, 0) is 26.0 Å². The van der Waals surface area contributed by atoms with Crippen molar-refractivity contribution in [3.63, 3.8) is 0 Å². The highest BCUT2D eigenvalue weighted by molar-refractivity contribution is 6.34. The van der Waals surface area contributed by atoms with E-state index in [0.717, 1.165) is 0 Å². The molecule has 0 aliphatic heterocycles. The van der Waals surface area contributed by atoms with Gasteiger partial charge in [0.25, 0.3) is 5.91 Å². The third-order valence-corrected chi connectivity index (χ3v) is 3.30. The highest BCUT2D eigenvalue weighted by Crippen LogP contribution is 2.16. The number of aromatic nitrogens is 1. The summed E-state index contributed by atoms with van der Waals surface area (Å²) in [7, 11) is 0. The average molecular weight is 318 g/mol. The number of pyridine rings is 1. The maximum Gasteiger partial charge on any atom is 0.254 e. The quantitative estimate of drug-likeness (QED) is 0.819. The summed E-state index contributed by atoms with van der Waals surface area (Å²) >= 11 is 11.5. The van der Waals surface area contributed by atoms with E-state index in [1.807, 2.05) is 13.8 Å². The molecule has 1 N–H and O–H groups in total. The van der Waals surface area contributed by atoms with Crippen molar-refractivity contribution in [1.29, 1.82) is 0 Å². The minimum Gasteiger partial charge on any atom is -0.351 e. The molecule has 7 heteroatoms. The molecule has 5 nitrogen and oxygen atoms in total. The predicted molar refractivity (Wildman–Crippen MR) is 79.1 cm³/mol. The predicted octanol–water partition coefficient (Wildman–Crippen LogP) is 2.38. The van der Waals surface area contributed by atoms with Crippen molar-refractivity contribution in [1.82, 2.24) is 15.2 Å². The van der Waals surface area contributed by atoms with E-state index in [1.54, 1.807) is 4.90 Å². The van der Waals surface area contributed by atoms with Gasteiger partial charge in [-0.3, -0.25) is 9.59 Å². The molecule has 0 bridgehead atoms. The zero-order chi connectivity index (χ0) is 15.1. The molecule has 0 saturated heterocycles. The zero-order valence-electron chi connectivity index (χ0n) is 11.4. The van der Waals surface area contributed by atoms with Crippen LogP contribution in [0.15, 0.2) is 12.1 Å². The summed E-state index contributed by atoms with van der Waals surface area (Å²) < 4.78 is 0. The lowest BCUT2D eigenvalue weighted by molar-refractivity contribution is -0.130. The van der Waals surface area contributed by atoms with E-state index in [9.17, 15) is 9.59 Å². The lowest BCUT2D eigenvalue weighted by Crippen LogP contribution is -2.34. The van der Waals surface area contributed by atoms with Crippen LogP contribution < -0.4 is 5.32 Å². The van der Waals surface area contributed by atoms with E-state index in [2.05, 4.69) is 10.3 Å². The molecule has 0 spiro atoms. The molecule has 0 fully saturated rings. The fourth-order valence-electron chi connectivity index (χ4n) is 1.69. The molecule has 2 amide bonds. The Kier molecular flexibility index (Phi) is 6.75. The van der Waals surface area contributed by atoms with Gasteiger partial charge in [-0.1, -0.05) is 23.2 Å². The third kappa shape index (κ3) is 4.65. The second-order valence-electron chi connectivity index (χ2n) is 4.04. The van der Waals surface area contributed by atoms with Crippen LogP contribution in [0.25, 0.3) is 0 Å². The van der Waals surface area contributed by atoms with Gasteiger partial charge in [0, 0.05) is 26.1 Å². The summed E-state index contributed by atoms with van der Waals surface area (Å²) in [5.74, 6) is -0.359. The lowest BCUT2D eigenvalue weighted by atomic mass is 10.2. The first kappa shape index (κ1) is 16.7. The summed E-state index contributed by atoms with van der Waals surface area (Å²) in [6.45, 7) is 5.41. The summed E-state index contributed by atoms with van der Waals surface area (Å²) in [6.07, 6.45) is 0.256. The van der Waals surface area contributed by atoms with Crippen molar-refractivity contribution in [3.05, 3.63) is 28.0 Å². The van der Waals surface area contributed by atoms with Gasteiger partial charge in [-0.25, -0.2) is 4.98 Å². The van der Waals surface area contributed by atoms with Gasteiger partial charge in [-0.15, -0.1) is 0 Å². The van der Waals surface area contributed by atoms with Gasteiger partial charge in [0.1, 0.15) is 10.3 Å². The molecule has 0 saturated carbocycles. The SMILES string of the molecule is CCN(CC)C(=O)CCNC(=O)c1ccc(Cl)nc1Cl. The molecule has 0 radical (unpaired) electrons. The maximum atomic E-state index is 11.9. The highest BCUT2D eigenvalue weighted by atomic mass is 35.5. The first-order valence-corrected chi connectivity index (χ1v) is 7.13. The van der Waals surface area contributed by atoms with Crippen LogP contribution in [-0.2, 0) is 4.79 Å². The van der Waals surface area contributed by atoms with Crippen molar-refractivity contribution < 1.29 is 9.59 Å². The average Bonchev–Trinajstić information content (AvgIpc) is 2.39. The van der Waals surface area contributed by atoms with Gasteiger partial charge in [-0.2, -0.15) is 0 Å².